The van der Waals surface area contributed by atoms with Crippen LogP contribution >= 0.6 is 0 Å². The number of ether oxygens (including phenoxy) is 1. The molecular weight excluding hydrogens is 180 g/mol. The number of nitrogens with two attached hydrogens (primary N) is 1. The Kier molecular flexibility index (Phi) is 7.42. The minimum absolute atomic E-state index is 0.154. The van der Waals surface area contributed by atoms with Gasteiger partial charge in [0.25, 0.3) is 0 Å². The molecule has 0 rings (SSSR count). The van der Waals surface area contributed by atoms with Gasteiger partial charge in [0.2, 0.25) is 0 Å². The van der Waals surface area contributed by atoms with Crippen molar-refractivity contribution in [1.29, 1.82) is 0 Å². The van der Waals surface area contributed by atoms with Crippen LogP contribution in [0, 0.1) is 5.92 Å². The van der Waals surface area contributed by atoms with E-state index >= 15 is 0 Å². The zero-order chi connectivity index (χ0) is 11.0. The lowest BCUT2D eigenvalue weighted by molar-refractivity contribution is -0.144. The molecule has 0 spiro atoms. The summed E-state index contributed by atoms with van der Waals surface area (Å²) in [6.07, 6.45) is 0. The lowest BCUT2D eigenvalue weighted by atomic mass is 10.1. The summed E-state index contributed by atoms with van der Waals surface area (Å²) in [4.78, 5) is 13.2. The van der Waals surface area contributed by atoms with Crippen LogP contribution in [0.1, 0.15) is 20.8 Å². The summed E-state index contributed by atoms with van der Waals surface area (Å²) in [5.41, 5.74) is 5.52. The van der Waals surface area contributed by atoms with Crippen LogP contribution in [-0.4, -0.2) is 43.7 Å². The first-order valence-corrected chi connectivity index (χ1v) is 5.22. The molecule has 0 aromatic heterocycles. The quantitative estimate of drug-likeness (QED) is 0.610. The van der Waals surface area contributed by atoms with E-state index in [1.54, 1.807) is 0 Å². The highest BCUT2D eigenvalue weighted by Gasteiger charge is 2.11. The van der Waals surface area contributed by atoms with Crippen LogP contribution in [0.4, 0.5) is 0 Å². The van der Waals surface area contributed by atoms with E-state index in [2.05, 4.69) is 11.8 Å². The Morgan fingerprint density at radius 3 is 2.57 bits per heavy atom. The van der Waals surface area contributed by atoms with Crippen molar-refractivity contribution in [3.8, 4) is 0 Å². The molecule has 0 fully saturated rings. The van der Waals surface area contributed by atoms with Crippen LogP contribution in [0.15, 0.2) is 0 Å². The van der Waals surface area contributed by atoms with Crippen LogP contribution < -0.4 is 5.73 Å². The van der Waals surface area contributed by atoms with E-state index in [1.165, 1.54) is 0 Å². The van der Waals surface area contributed by atoms with Gasteiger partial charge < -0.3 is 10.5 Å². The number of carbonyl (C=O) groups excluding carboxylic acids is 1. The van der Waals surface area contributed by atoms with Gasteiger partial charge in [-0.05, 0) is 25.9 Å². The van der Waals surface area contributed by atoms with Gasteiger partial charge in [0.05, 0.1) is 13.2 Å². The molecule has 0 aromatic rings. The Morgan fingerprint density at radius 2 is 2.14 bits per heavy atom. The van der Waals surface area contributed by atoms with Crippen LogP contribution in [0.3, 0.4) is 0 Å². The number of esters is 1. The molecule has 0 aliphatic heterocycles. The minimum Gasteiger partial charge on any atom is -0.465 e. The predicted molar refractivity (Wildman–Crippen MR) is 57.0 cm³/mol. The third-order valence-corrected chi connectivity index (χ3v) is 2.08. The highest BCUT2D eigenvalue weighted by atomic mass is 16.5. The summed E-state index contributed by atoms with van der Waals surface area (Å²) in [6, 6.07) is 0. The lowest BCUT2D eigenvalue weighted by Crippen LogP contribution is -2.36. The number of rotatable bonds is 7. The average molecular weight is 202 g/mol. The molecule has 0 aliphatic rings. The molecule has 2 N–H and O–H groups in total. The fourth-order valence-electron chi connectivity index (χ4n) is 1.21. The van der Waals surface area contributed by atoms with Gasteiger partial charge in [-0.15, -0.1) is 0 Å². The molecule has 0 heterocycles. The van der Waals surface area contributed by atoms with Crippen LogP contribution in [0.5, 0.6) is 0 Å². The number of hydrogen-bond donors (Lipinski definition) is 1. The van der Waals surface area contributed by atoms with Crippen LogP contribution in [-0.2, 0) is 9.53 Å². The fraction of sp³-hybridized carbons (Fsp3) is 0.900. The SMILES string of the molecule is CCOC(=O)CN(CC)CC(C)CN. The van der Waals surface area contributed by atoms with Gasteiger partial charge in [-0.25, -0.2) is 0 Å². The summed E-state index contributed by atoms with van der Waals surface area (Å²) in [5, 5.41) is 0. The second kappa shape index (κ2) is 7.76. The third-order valence-electron chi connectivity index (χ3n) is 2.08. The summed E-state index contributed by atoms with van der Waals surface area (Å²) < 4.78 is 4.88. The lowest BCUT2D eigenvalue weighted by Gasteiger charge is -2.22. The van der Waals surface area contributed by atoms with Gasteiger partial charge in [0, 0.05) is 6.54 Å². The first-order chi connectivity index (χ1) is 6.63. The first kappa shape index (κ1) is 13.4. The summed E-state index contributed by atoms with van der Waals surface area (Å²) in [6.45, 7) is 9.10. The molecule has 4 nitrogen and oxygen atoms in total. The van der Waals surface area contributed by atoms with Gasteiger partial charge in [0.1, 0.15) is 0 Å². The van der Waals surface area contributed by atoms with Crippen LogP contribution in [0.2, 0.25) is 0 Å². The highest BCUT2D eigenvalue weighted by Crippen LogP contribution is 1.98. The average Bonchev–Trinajstić information content (AvgIpc) is 2.16. The topological polar surface area (TPSA) is 55.6 Å². The molecule has 0 saturated heterocycles. The van der Waals surface area contributed by atoms with Crippen molar-refractivity contribution in [2.45, 2.75) is 20.8 Å². The van der Waals surface area contributed by atoms with Gasteiger partial charge >= 0.3 is 5.97 Å². The van der Waals surface area contributed by atoms with Crippen molar-refractivity contribution < 1.29 is 9.53 Å². The maximum Gasteiger partial charge on any atom is 0.320 e. The molecule has 0 aliphatic carbocycles. The molecule has 0 aromatic carbocycles. The van der Waals surface area contributed by atoms with E-state index in [4.69, 9.17) is 10.5 Å². The zero-order valence-corrected chi connectivity index (χ0v) is 9.45. The van der Waals surface area contributed by atoms with Crippen molar-refractivity contribution in [2.24, 2.45) is 11.7 Å². The van der Waals surface area contributed by atoms with E-state index in [0.29, 0.717) is 25.6 Å². The largest absolute Gasteiger partial charge is 0.465 e. The molecule has 0 saturated carbocycles. The van der Waals surface area contributed by atoms with Gasteiger partial charge in [-0.1, -0.05) is 13.8 Å². The van der Waals surface area contributed by atoms with Gasteiger partial charge in [-0.2, -0.15) is 0 Å². The molecule has 0 bridgehead atoms. The van der Waals surface area contributed by atoms with Crippen molar-refractivity contribution in [1.82, 2.24) is 4.90 Å². The smallest absolute Gasteiger partial charge is 0.320 e. The number of likely N-dealkylation sites (N-methyl/N-ethyl adjacent to an activating group) is 1. The Morgan fingerprint density at radius 1 is 1.50 bits per heavy atom. The molecule has 1 atom stereocenters. The van der Waals surface area contributed by atoms with E-state index < -0.39 is 0 Å². The van der Waals surface area contributed by atoms with E-state index in [9.17, 15) is 4.79 Å². The standard InChI is InChI=1S/C10H22N2O2/c1-4-12(7-9(3)6-11)8-10(13)14-5-2/h9H,4-8,11H2,1-3H3. The van der Waals surface area contributed by atoms with Crippen molar-refractivity contribution in [3.05, 3.63) is 0 Å². The normalized spacial score (nSPS) is 12.9. The van der Waals surface area contributed by atoms with Gasteiger partial charge in [-0.3, -0.25) is 9.69 Å². The molecule has 4 heteroatoms. The third kappa shape index (κ3) is 5.94. The molecule has 84 valence electrons. The first-order valence-electron chi connectivity index (χ1n) is 5.22. The molecule has 1 unspecified atom stereocenters. The van der Waals surface area contributed by atoms with Gasteiger partial charge in [0.15, 0.2) is 0 Å². The summed E-state index contributed by atoms with van der Waals surface area (Å²) in [5.74, 6) is 0.267. The number of hydrogen-bond acceptors (Lipinski definition) is 4. The molecular formula is C10H22N2O2. The maximum atomic E-state index is 11.2. The molecule has 14 heavy (non-hydrogen) atoms. The van der Waals surface area contributed by atoms with Crippen LogP contribution in [0.25, 0.3) is 0 Å². The second-order valence-corrected chi connectivity index (χ2v) is 3.47. The van der Waals surface area contributed by atoms with E-state index in [1.807, 2.05) is 13.8 Å². The van der Waals surface area contributed by atoms with Crippen molar-refractivity contribution in [3.63, 3.8) is 0 Å². The Hall–Kier alpha value is -0.610. The Labute approximate surface area is 86.4 Å². The summed E-state index contributed by atoms with van der Waals surface area (Å²) >= 11 is 0. The number of nitrogens with zero attached hydrogens (tertiary/aromatic N) is 1. The fourth-order valence-corrected chi connectivity index (χ4v) is 1.21. The monoisotopic (exact) mass is 202 g/mol. The van der Waals surface area contributed by atoms with E-state index in [0.717, 1.165) is 13.1 Å². The predicted octanol–water partition coefficient (Wildman–Crippen LogP) is 0.466. The molecule has 0 amide bonds. The maximum absolute atomic E-state index is 11.2. The second-order valence-electron chi connectivity index (χ2n) is 3.47. The highest BCUT2D eigenvalue weighted by molar-refractivity contribution is 5.71. The zero-order valence-electron chi connectivity index (χ0n) is 9.45. The van der Waals surface area contributed by atoms with Crippen molar-refractivity contribution in [2.75, 3.05) is 32.8 Å². The summed E-state index contributed by atoms with van der Waals surface area (Å²) in [7, 11) is 0. The van der Waals surface area contributed by atoms with E-state index in [-0.39, 0.29) is 5.97 Å². The Bertz CT molecular complexity index is 162. The minimum atomic E-state index is -0.154. The Balaban J connectivity index is 3.83. The number of carbonyl (C=O) groups is 1. The molecule has 0 radical (unpaired) electrons. The van der Waals surface area contributed by atoms with Crippen molar-refractivity contribution >= 4 is 5.97 Å².